The van der Waals surface area contributed by atoms with Crippen molar-refractivity contribution >= 4 is 17.5 Å². The van der Waals surface area contributed by atoms with Crippen LogP contribution in [0, 0.1) is 11.8 Å². The summed E-state index contributed by atoms with van der Waals surface area (Å²) in [6.07, 6.45) is 7.52. The van der Waals surface area contributed by atoms with Crippen molar-refractivity contribution in [3.8, 4) is 0 Å². The van der Waals surface area contributed by atoms with Gasteiger partial charge in [0.25, 0.3) is 0 Å². The predicted molar refractivity (Wildman–Crippen MR) is 68.4 cm³/mol. The third-order valence-corrected chi connectivity index (χ3v) is 4.40. The number of hydrogen-bond donors (Lipinski definition) is 0. The highest BCUT2D eigenvalue weighted by Crippen LogP contribution is 2.24. The number of Topliss-reactive ketones (excluding diaryl/α,β-unsaturated/α-hetero) is 1. The topological polar surface area (TPSA) is 17.1 Å². The summed E-state index contributed by atoms with van der Waals surface area (Å²) < 4.78 is 0. The summed E-state index contributed by atoms with van der Waals surface area (Å²) in [7, 11) is 0. The van der Waals surface area contributed by atoms with E-state index in [1.54, 1.807) is 0 Å². The highest BCUT2D eigenvalue weighted by molar-refractivity contribution is 7.99. The lowest BCUT2D eigenvalue weighted by Gasteiger charge is -2.12. The van der Waals surface area contributed by atoms with Crippen LogP contribution in [0.2, 0.25) is 0 Å². The molecule has 0 amide bonds. The SMILES string of the molecule is CC(C)CSCC(=O)C1CCCCCC1. The number of hydrogen-bond acceptors (Lipinski definition) is 2. The fourth-order valence-electron chi connectivity index (χ4n) is 2.11. The molecule has 0 N–H and O–H groups in total. The Morgan fingerprint density at radius 2 is 1.80 bits per heavy atom. The normalized spacial score (nSPS) is 19.1. The summed E-state index contributed by atoms with van der Waals surface area (Å²) in [4.78, 5) is 11.9. The van der Waals surface area contributed by atoms with Gasteiger partial charge in [-0.05, 0) is 24.5 Å². The monoisotopic (exact) mass is 228 g/mol. The summed E-state index contributed by atoms with van der Waals surface area (Å²) in [6.45, 7) is 4.42. The van der Waals surface area contributed by atoms with Crippen molar-refractivity contribution in [2.75, 3.05) is 11.5 Å². The first kappa shape index (κ1) is 13.1. The molecule has 1 rings (SSSR count). The van der Waals surface area contributed by atoms with E-state index in [2.05, 4.69) is 13.8 Å². The second kappa shape index (κ2) is 7.32. The highest BCUT2D eigenvalue weighted by atomic mass is 32.2. The second-order valence-corrected chi connectivity index (χ2v) is 6.09. The molecule has 0 aromatic carbocycles. The Bertz CT molecular complexity index is 181. The molecule has 2 heteroatoms. The lowest BCUT2D eigenvalue weighted by atomic mass is 9.96. The third-order valence-electron chi connectivity index (χ3n) is 3.01. The lowest BCUT2D eigenvalue weighted by molar-refractivity contribution is -0.120. The van der Waals surface area contributed by atoms with Gasteiger partial charge in [0.1, 0.15) is 5.78 Å². The molecule has 0 unspecified atom stereocenters. The van der Waals surface area contributed by atoms with Crippen LogP contribution in [0.25, 0.3) is 0 Å². The van der Waals surface area contributed by atoms with Gasteiger partial charge in [0.2, 0.25) is 0 Å². The molecule has 0 atom stereocenters. The third kappa shape index (κ3) is 5.60. The zero-order valence-electron chi connectivity index (χ0n) is 10.1. The quantitative estimate of drug-likeness (QED) is 0.664. The van der Waals surface area contributed by atoms with Crippen molar-refractivity contribution in [3.63, 3.8) is 0 Å². The van der Waals surface area contributed by atoms with E-state index in [1.807, 2.05) is 11.8 Å². The van der Waals surface area contributed by atoms with Gasteiger partial charge in [-0.2, -0.15) is 11.8 Å². The fourth-order valence-corrected chi connectivity index (χ4v) is 3.14. The minimum atomic E-state index is 0.396. The van der Waals surface area contributed by atoms with E-state index in [1.165, 1.54) is 25.7 Å². The highest BCUT2D eigenvalue weighted by Gasteiger charge is 2.19. The summed E-state index contributed by atoms with van der Waals surface area (Å²) in [5, 5.41) is 0. The Hall–Kier alpha value is 0.0200. The molecule has 0 bridgehead atoms. The van der Waals surface area contributed by atoms with Gasteiger partial charge >= 0.3 is 0 Å². The molecule has 88 valence electrons. The Kier molecular flexibility index (Phi) is 6.39. The van der Waals surface area contributed by atoms with Gasteiger partial charge < -0.3 is 0 Å². The van der Waals surface area contributed by atoms with Crippen LogP contribution < -0.4 is 0 Å². The van der Waals surface area contributed by atoms with Gasteiger partial charge in [0.15, 0.2) is 0 Å². The van der Waals surface area contributed by atoms with Crippen LogP contribution in [0.4, 0.5) is 0 Å². The standard InChI is InChI=1S/C13H24OS/c1-11(2)9-15-10-13(14)12-7-5-3-4-6-8-12/h11-12H,3-10H2,1-2H3. The molecule has 1 aliphatic rings. The van der Waals surface area contributed by atoms with E-state index >= 15 is 0 Å². The minimum absolute atomic E-state index is 0.396. The molecule has 0 aliphatic heterocycles. The summed E-state index contributed by atoms with van der Waals surface area (Å²) in [5.41, 5.74) is 0. The Balaban J connectivity index is 2.19. The molecular formula is C13H24OS. The summed E-state index contributed by atoms with van der Waals surface area (Å²) in [6, 6.07) is 0. The summed E-state index contributed by atoms with van der Waals surface area (Å²) >= 11 is 1.82. The van der Waals surface area contributed by atoms with Crippen molar-refractivity contribution in [1.82, 2.24) is 0 Å². The number of ketones is 1. The molecule has 1 nitrogen and oxygen atoms in total. The van der Waals surface area contributed by atoms with Crippen molar-refractivity contribution in [1.29, 1.82) is 0 Å². The van der Waals surface area contributed by atoms with E-state index in [-0.39, 0.29) is 0 Å². The van der Waals surface area contributed by atoms with Crippen LogP contribution in [-0.2, 0) is 4.79 Å². The molecule has 0 radical (unpaired) electrons. The van der Waals surface area contributed by atoms with Gasteiger partial charge in [0.05, 0.1) is 5.75 Å². The first-order valence-electron chi connectivity index (χ1n) is 6.30. The van der Waals surface area contributed by atoms with Crippen LogP contribution in [-0.4, -0.2) is 17.3 Å². The van der Waals surface area contributed by atoms with Gasteiger partial charge in [-0.25, -0.2) is 0 Å². The zero-order chi connectivity index (χ0) is 11.1. The van der Waals surface area contributed by atoms with Crippen molar-refractivity contribution in [2.45, 2.75) is 52.4 Å². The van der Waals surface area contributed by atoms with Crippen molar-refractivity contribution in [3.05, 3.63) is 0 Å². The average Bonchev–Trinajstić information content (AvgIpc) is 2.44. The maximum Gasteiger partial charge on any atom is 0.145 e. The predicted octanol–water partition coefficient (Wildman–Crippen LogP) is 3.92. The maximum absolute atomic E-state index is 11.9. The van der Waals surface area contributed by atoms with E-state index in [4.69, 9.17) is 0 Å². The number of carbonyl (C=O) groups is 1. The average molecular weight is 228 g/mol. The van der Waals surface area contributed by atoms with E-state index in [9.17, 15) is 4.79 Å². The molecule has 0 heterocycles. The molecule has 0 aromatic heterocycles. The van der Waals surface area contributed by atoms with Crippen molar-refractivity contribution < 1.29 is 4.79 Å². The maximum atomic E-state index is 11.9. The van der Waals surface area contributed by atoms with E-state index < -0.39 is 0 Å². The lowest BCUT2D eigenvalue weighted by Crippen LogP contribution is -2.16. The van der Waals surface area contributed by atoms with Gasteiger partial charge in [-0.1, -0.05) is 39.5 Å². The van der Waals surface area contributed by atoms with Crippen molar-refractivity contribution in [2.24, 2.45) is 11.8 Å². The molecule has 0 spiro atoms. The largest absolute Gasteiger partial charge is 0.298 e. The first-order chi connectivity index (χ1) is 7.20. The Morgan fingerprint density at radius 3 is 2.33 bits per heavy atom. The molecule has 1 saturated carbocycles. The molecule has 0 saturated heterocycles. The fraction of sp³-hybridized carbons (Fsp3) is 0.923. The molecule has 1 fully saturated rings. The Labute approximate surface area is 98.4 Å². The van der Waals surface area contributed by atoms with Crippen LogP contribution in [0.15, 0.2) is 0 Å². The number of thioether (sulfide) groups is 1. The molecular weight excluding hydrogens is 204 g/mol. The molecule has 1 aliphatic carbocycles. The Morgan fingerprint density at radius 1 is 1.20 bits per heavy atom. The van der Waals surface area contributed by atoms with E-state index in [0.717, 1.165) is 24.3 Å². The molecule has 15 heavy (non-hydrogen) atoms. The first-order valence-corrected chi connectivity index (χ1v) is 7.46. The van der Waals surface area contributed by atoms with Crippen LogP contribution in [0.3, 0.4) is 0 Å². The minimum Gasteiger partial charge on any atom is -0.298 e. The van der Waals surface area contributed by atoms with Gasteiger partial charge in [-0.15, -0.1) is 0 Å². The zero-order valence-corrected chi connectivity index (χ0v) is 10.9. The van der Waals surface area contributed by atoms with E-state index in [0.29, 0.717) is 17.6 Å². The summed E-state index contributed by atoms with van der Waals surface area (Å²) in [5.74, 6) is 3.49. The van der Waals surface area contributed by atoms with Gasteiger partial charge in [0, 0.05) is 5.92 Å². The number of carbonyl (C=O) groups excluding carboxylic acids is 1. The van der Waals surface area contributed by atoms with Crippen LogP contribution >= 0.6 is 11.8 Å². The van der Waals surface area contributed by atoms with Gasteiger partial charge in [-0.3, -0.25) is 4.79 Å². The molecule has 0 aromatic rings. The second-order valence-electron chi connectivity index (χ2n) is 5.06. The van der Waals surface area contributed by atoms with Crippen LogP contribution in [0.1, 0.15) is 52.4 Å². The smallest absolute Gasteiger partial charge is 0.145 e. The number of rotatable bonds is 5. The van der Waals surface area contributed by atoms with Crippen LogP contribution in [0.5, 0.6) is 0 Å².